The first kappa shape index (κ1) is 23.6. The van der Waals surface area contributed by atoms with Crippen LogP contribution in [0.15, 0.2) is 51.5 Å². The van der Waals surface area contributed by atoms with Gasteiger partial charge in [-0.15, -0.1) is 0 Å². The first-order valence-corrected chi connectivity index (χ1v) is 12.1. The number of rotatable bonds is 9. The van der Waals surface area contributed by atoms with E-state index < -0.39 is 0 Å². The molecule has 1 amide bonds. The van der Waals surface area contributed by atoms with Crippen molar-refractivity contribution in [1.29, 1.82) is 0 Å². The highest BCUT2D eigenvalue weighted by molar-refractivity contribution is 6.37. The number of carbonyl (C=O) groups excluding carboxylic acids is 1. The summed E-state index contributed by atoms with van der Waals surface area (Å²) in [6, 6.07) is 10.7. The molecule has 0 atom stereocenters. The number of amides is 1. The Labute approximate surface area is 204 Å². The monoisotopic (exact) mass is 490 g/mol. The average molecular weight is 491 g/mol. The Balaban J connectivity index is 1.55. The molecule has 0 spiro atoms. The maximum atomic E-state index is 13.5. The molecule has 1 fully saturated rings. The van der Waals surface area contributed by atoms with Gasteiger partial charge in [0.25, 0.3) is 5.91 Å². The zero-order valence-corrected chi connectivity index (χ0v) is 20.2. The molecule has 1 aliphatic rings. The number of halogens is 2. The summed E-state index contributed by atoms with van der Waals surface area (Å²) in [5, 5.41) is 0.616. The predicted molar refractivity (Wildman–Crippen MR) is 129 cm³/mol. The lowest BCUT2D eigenvalue weighted by Gasteiger charge is -2.26. The van der Waals surface area contributed by atoms with Crippen LogP contribution < -0.4 is 9.64 Å². The van der Waals surface area contributed by atoms with Crippen LogP contribution in [0.3, 0.4) is 0 Å². The van der Waals surface area contributed by atoms with Crippen molar-refractivity contribution in [2.45, 2.75) is 45.7 Å². The highest BCUT2D eigenvalue weighted by Gasteiger charge is 2.23. The van der Waals surface area contributed by atoms with Gasteiger partial charge in [-0.3, -0.25) is 4.79 Å². The van der Waals surface area contributed by atoms with Crippen LogP contribution in [0.2, 0.25) is 10.0 Å². The maximum Gasteiger partial charge on any atom is 0.254 e. The summed E-state index contributed by atoms with van der Waals surface area (Å²) in [4.78, 5) is 17.4. The third kappa shape index (κ3) is 5.87. The van der Waals surface area contributed by atoms with Crippen molar-refractivity contribution in [1.82, 2.24) is 4.90 Å². The lowest BCUT2D eigenvalue weighted by molar-refractivity contribution is 0.0705. The van der Waals surface area contributed by atoms with E-state index in [1.165, 1.54) is 19.3 Å². The van der Waals surface area contributed by atoms with Gasteiger partial charge >= 0.3 is 0 Å². The second-order valence-electron chi connectivity index (χ2n) is 8.15. The molecule has 0 N–H and O–H groups in total. The summed E-state index contributed by atoms with van der Waals surface area (Å²) in [7, 11) is 0. The third-order valence-corrected chi connectivity index (χ3v) is 6.13. The second kappa shape index (κ2) is 11.0. The lowest BCUT2D eigenvalue weighted by Crippen LogP contribution is -2.30. The fraction of sp³-hybridized carbons (Fsp3) is 0.400. The molecule has 1 saturated heterocycles. The smallest absolute Gasteiger partial charge is 0.254 e. The zero-order chi connectivity index (χ0) is 23.2. The van der Waals surface area contributed by atoms with Crippen molar-refractivity contribution in [2.75, 3.05) is 24.6 Å². The molecule has 3 aromatic rings. The number of furan rings is 2. The molecule has 0 bridgehead atoms. The topological polar surface area (TPSA) is 59.1 Å². The Morgan fingerprint density at radius 3 is 2.45 bits per heavy atom. The standard InChI is InChI=1S/C25H28Cl2N2O4/c1-2-12-32-24-21(26)14-18(15-22(24)27)25(30)29(16-19-7-6-13-31-19)17-20-8-9-23(33-20)28-10-4-3-5-11-28/h6-9,13-15H,2-5,10-12,16-17H2,1H3. The third-order valence-electron chi connectivity index (χ3n) is 5.57. The quantitative estimate of drug-likeness (QED) is 0.330. The Kier molecular flexibility index (Phi) is 7.89. The van der Waals surface area contributed by atoms with Crippen molar-refractivity contribution in [2.24, 2.45) is 0 Å². The summed E-state index contributed by atoms with van der Waals surface area (Å²) in [5.41, 5.74) is 0.378. The van der Waals surface area contributed by atoms with E-state index in [1.807, 2.05) is 25.1 Å². The van der Waals surface area contributed by atoms with Gasteiger partial charge < -0.3 is 23.4 Å². The average Bonchev–Trinajstić information content (AvgIpc) is 3.50. The molecular formula is C25H28Cl2N2O4. The van der Waals surface area contributed by atoms with Gasteiger partial charge in [-0.1, -0.05) is 30.1 Å². The van der Waals surface area contributed by atoms with Crippen LogP contribution in [0.4, 0.5) is 5.88 Å². The number of hydrogen-bond donors (Lipinski definition) is 0. The highest BCUT2D eigenvalue weighted by atomic mass is 35.5. The van der Waals surface area contributed by atoms with Gasteiger partial charge in [0.2, 0.25) is 0 Å². The molecule has 0 saturated carbocycles. The Morgan fingerprint density at radius 1 is 1.06 bits per heavy atom. The lowest BCUT2D eigenvalue weighted by atomic mass is 10.1. The van der Waals surface area contributed by atoms with Crippen LogP contribution >= 0.6 is 23.2 Å². The summed E-state index contributed by atoms with van der Waals surface area (Å²) in [6.45, 7) is 5.05. The SMILES string of the molecule is CCCOc1c(Cl)cc(C(=O)N(Cc2ccco2)Cc2ccc(N3CCCCC3)o2)cc1Cl. The minimum atomic E-state index is -0.229. The van der Waals surface area contributed by atoms with Crippen molar-refractivity contribution in [3.63, 3.8) is 0 Å². The predicted octanol–water partition coefficient (Wildman–Crippen LogP) is 6.80. The van der Waals surface area contributed by atoms with Gasteiger partial charge in [0, 0.05) is 24.7 Å². The fourth-order valence-electron chi connectivity index (χ4n) is 3.92. The van der Waals surface area contributed by atoms with Crippen molar-refractivity contribution < 1.29 is 18.4 Å². The number of anilines is 1. The first-order chi connectivity index (χ1) is 16.0. The summed E-state index contributed by atoms with van der Waals surface area (Å²) in [5.74, 6) is 2.39. The van der Waals surface area contributed by atoms with E-state index in [0.717, 1.165) is 25.4 Å². The minimum absolute atomic E-state index is 0.229. The van der Waals surface area contributed by atoms with E-state index in [1.54, 1.807) is 29.4 Å². The Morgan fingerprint density at radius 2 is 1.79 bits per heavy atom. The van der Waals surface area contributed by atoms with Crippen LogP contribution in [0.1, 0.15) is 54.5 Å². The number of ether oxygens (including phenoxy) is 1. The van der Waals surface area contributed by atoms with Gasteiger partial charge in [-0.2, -0.15) is 0 Å². The van der Waals surface area contributed by atoms with Crippen LogP contribution in [0, 0.1) is 0 Å². The largest absolute Gasteiger partial charge is 0.490 e. The molecule has 1 aliphatic heterocycles. The molecule has 0 aliphatic carbocycles. The van der Waals surface area contributed by atoms with E-state index in [4.69, 9.17) is 36.8 Å². The van der Waals surface area contributed by atoms with Crippen LogP contribution in [-0.2, 0) is 13.1 Å². The fourth-order valence-corrected chi connectivity index (χ4v) is 4.52. The van der Waals surface area contributed by atoms with Crippen molar-refractivity contribution in [3.8, 4) is 5.75 Å². The molecule has 3 heterocycles. The van der Waals surface area contributed by atoms with Crippen LogP contribution in [-0.4, -0.2) is 30.5 Å². The van der Waals surface area contributed by atoms with Gasteiger partial charge in [0.15, 0.2) is 11.6 Å². The van der Waals surface area contributed by atoms with E-state index in [2.05, 4.69) is 4.90 Å². The van der Waals surface area contributed by atoms with E-state index >= 15 is 0 Å². The van der Waals surface area contributed by atoms with Crippen LogP contribution in [0.25, 0.3) is 0 Å². The normalized spacial score (nSPS) is 13.8. The second-order valence-corrected chi connectivity index (χ2v) is 8.96. The molecule has 1 aromatic carbocycles. The molecule has 8 heteroatoms. The zero-order valence-electron chi connectivity index (χ0n) is 18.7. The van der Waals surface area contributed by atoms with E-state index in [9.17, 15) is 4.79 Å². The summed E-state index contributed by atoms with van der Waals surface area (Å²) < 4.78 is 17.2. The maximum absolute atomic E-state index is 13.5. The number of hydrogen-bond acceptors (Lipinski definition) is 5. The molecule has 176 valence electrons. The number of benzene rings is 1. The van der Waals surface area contributed by atoms with Crippen LogP contribution in [0.5, 0.6) is 5.75 Å². The van der Waals surface area contributed by atoms with E-state index in [-0.39, 0.29) is 19.0 Å². The van der Waals surface area contributed by atoms with Gasteiger partial charge in [0.05, 0.1) is 36.0 Å². The highest BCUT2D eigenvalue weighted by Crippen LogP contribution is 2.35. The Bertz CT molecular complexity index is 1040. The molecule has 33 heavy (non-hydrogen) atoms. The molecule has 6 nitrogen and oxygen atoms in total. The molecule has 4 rings (SSSR count). The van der Waals surface area contributed by atoms with Gasteiger partial charge in [-0.05, 0) is 56.0 Å². The molecule has 0 unspecified atom stereocenters. The number of nitrogens with zero attached hydrogens (tertiary/aromatic N) is 2. The van der Waals surface area contributed by atoms with Crippen molar-refractivity contribution >= 4 is 35.0 Å². The molecule has 0 radical (unpaired) electrons. The van der Waals surface area contributed by atoms with E-state index in [0.29, 0.717) is 39.5 Å². The number of carbonyl (C=O) groups is 1. The summed E-state index contributed by atoms with van der Waals surface area (Å²) >= 11 is 12.8. The number of piperidine rings is 1. The minimum Gasteiger partial charge on any atom is -0.490 e. The molecular weight excluding hydrogens is 463 g/mol. The van der Waals surface area contributed by atoms with Gasteiger partial charge in [0.1, 0.15) is 11.5 Å². The first-order valence-electron chi connectivity index (χ1n) is 11.3. The summed E-state index contributed by atoms with van der Waals surface area (Å²) in [6.07, 6.45) is 6.00. The van der Waals surface area contributed by atoms with Gasteiger partial charge in [-0.25, -0.2) is 0 Å². The molecule has 2 aromatic heterocycles. The van der Waals surface area contributed by atoms with Crippen molar-refractivity contribution in [3.05, 3.63) is 69.8 Å². The Hall–Kier alpha value is -2.57.